The smallest absolute Gasteiger partial charge is 0.128 e. The van der Waals surface area contributed by atoms with Gasteiger partial charge < -0.3 is 14.8 Å². The number of fused-ring (bicyclic) bond motifs is 7. The van der Waals surface area contributed by atoms with Gasteiger partial charge >= 0.3 is 0 Å². The first kappa shape index (κ1) is 16.2. The molecule has 3 atom stereocenters. The van der Waals surface area contributed by atoms with Crippen LogP contribution >= 0.6 is 0 Å². The Bertz CT molecular complexity index is 1030. The second-order valence-corrected chi connectivity index (χ2v) is 9.19. The molecule has 136 valence electrons. The Balaban J connectivity index is 1.84. The van der Waals surface area contributed by atoms with Crippen molar-refractivity contribution in [2.75, 3.05) is 0 Å². The molecule has 2 aliphatic rings. The Kier molecular flexibility index (Phi) is 3.14. The first-order chi connectivity index (χ1) is 12.3. The van der Waals surface area contributed by atoms with Crippen molar-refractivity contribution < 1.29 is 9.84 Å². The molecule has 5 rings (SSSR count). The molecular weight excluding hydrogens is 322 g/mol. The van der Waals surface area contributed by atoms with Gasteiger partial charge in [0.05, 0.1) is 11.1 Å². The third-order valence-electron chi connectivity index (χ3n) is 6.75. The second-order valence-electron chi connectivity index (χ2n) is 9.19. The van der Waals surface area contributed by atoms with E-state index in [1.54, 1.807) is 0 Å². The van der Waals surface area contributed by atoms with Crippen LogP contribution in [0.1, 0.15) is 57.1 Å². The molecule has 1 fully saturated rings. The number of hydrogen-bond acceptors (Lipinski definition) is 2. The highest BCUT2D eigenvalue weighted by molar-refractivity contribution is 6.09. The maximum Gasteiger partial charge on any atom is 0.128 e. The number of aliphatic hydroxyl groups is 1. The highest BCUT2D eigenvalue weighted by atomic mass is 16.5. The van der Waals surface area contributed by atoms with E-state index in [0.717, 1.165) is 25.0 Å². The van der Waals surface area contributed by atoms with Crippen molar-refractivity contribution in [3.8, 4) is 5.75 Å². The molecule has 3 aromatic rings. The average Bonchev–Trinajstić information content (AvgIpc) is 2.92. The van der Waals surface area contributed by atoms with Gasteiger partial charge in [0, 0.05) is 27.8 Å². The molecule has 0 radical (unpaired) electrons. The number of ether oxygens (including phenoxy) is 1. The van der Waals surface area contributed by atoms with E-state index in [2.05, 4.69) is 56.1 Å². The van der Waals surface area contributed by atoms with Crippen LogP contribution in [0.3, 0.4) is 0 Å². The minimum Gasteiger partial charge on any atom is -0.487 e. The summed E-state index contributed by atoms with van der Waals surface area (Å²) in [6.45, 7) is 8.56. The van der Waals surface area contributed by atoms with Crippen LogP contribution in [-0.2, 0) is 0 Å². The summed E-state index contributed by atoms with van der Waals surface area (Å²) in [5.41, 5.74) is 4.01. The number of hydrogen-bond donors (Lipinski definition) is 2. The van der Waals surface area contributed by atoms with Crippen LogP contribution in [0.4, 0.5) is 0 Å². The van der Waals surface area contributed by atoms with Gasteiger partial charge in [0.2, 0.25) is 0 Å². The normalized spacial score (nSPS) is 30.0. The minimum atomic E-state index is -0.603. The quantitative estimate of drug-likeness (QED) is 0.568. The zero-order chi connectivity index (χ0) is 18.3. The fraction of sp³-hybridized carbons (Fsp3) is 0.478. The molecule has 1 saturated carbocycles. The van der Waals surface area contributed by atoms with E-state index in [1.807, 2.05) is 6.92 Å². The van der Waals surface area contributed by atoms with Crippen LogP contribution in [0.2, 0.25) is 0 Å². The van der Waals surface area contributed by atoms with Crippen LogP contribution in [-0.4, -0.2) is 21.3 Å². The predicted octanol–water partition coefficient (Wildman–Crippen LogP) is 5.44. The summed E-state index contributed by atoms with van der Waals surface area (Å²) < 4.78 is 6.59. The van der Waals surface area contributed by atoms with E-state index >= 15 is 0 Å². The highest BCUT2D eigenvalue weighted by Crippen LogP contribution is 2.56. The summed E-state index contributed by atoms with van der Waals surface area (Å²) >= 11 is 0. The van der Waals surface area contributed by atoms with Gasteiger partial charge in [-0.1, -0.05) is 18.2 Å². The zero-order valence-electron chi connectivity index (χ0n) is 16.0. The van der Waals surface area contributed by atoms with Crippen molar-refractivity contribution in [3.05, 3.63) is 41.5 Å². The molecule has 2 N–H and O–H groups in total. The molecular formula is C23H27NO2. The van der Waals surface area contributed by atoms with Crippen molar-refractivity contribution in [1.82, 2.24) is 4.98 Å². The summed E-state index contributed by atoms with van der Waals surface area (Å²) in [5, 5.41) is 13.4. The van der Waals surface area contributed by atoms with Gasteiger partial charge in [-0.2, -0.15) is 0 Å². The molecule has 0 unspecified atom stereocenters. The number of aromatic amines is 1. The summed E-state index contributed by atoms with van der Waals surface area (Å²) in [5.74, 6) is 1.76. The van der Waals surface area contributed by atoms with Gasteiger partial charge in [-0.15, -0.1) is 0 Å². The second kappa shape index (κ2) is 5.04. The Morgan fingerprint density at radius 1 is 1.15 bits per heavy atom. The molecule has 0 amide bonds. The van der Waals surface area contributed by atoms with Crippen LogP contribution in [0.15, 0.2) is 30.3 Å². The van der Waals surface area contributed by atoms with Crippen LogP contribution in [0.25, 0.3) is 21.8 Å². The summed E-state index contributed by atoms with van der Waals surface area (Å²) in [7, 11) is 0. The molecule has 26 heavy (non-hydrogen) atoms. The molecule has 0 spiro atoms. The van der Waals surface area contributed by atoms with Gasteiger partial charge in [0.15, 0.2) is 0 Å². The van der Waals surface area contributed by atoms with Crippen molar-refractivity contribution in [2.45, 2.75) is 64.1 Å². The van der Waals surface area contributed by atoms with Crippen LogP contribution in [0.5, 0.6) is 5.75 Å². The summed E-state index contributed by atoms with van der Waals surface area (Å²) in [4.78, 5) is 3.66. The standard InChI is InChI=1S/C23H27NO2/c1-13-11-15-14-7-5-6-8-18(14)24-20(15)19-16-12-23(4,25)10-9-17(16)22(2,3)26-21(13)19/h5-8,11,16-17,24-25H,9-10,12H2,1-4H3/t16-,17-,23+/m1/s1. The number of aromatic nitrogens is 1. The predicted molar refractivity (Wildman–Crippen MR) is 106 cm³/mol. The van der Waals surface area contributed by atoms with Crippen LogP contribution < -0.4 is 4.74 Å². The third-order valence-corrected chi connectivity index (χ3v) is 6.75. The van der Waals surface area contributed by atoms with Crippen molar-refractivity contribution in [2.24, 2.45) is 5.92 Å². The van der Waals surface area contributed by atoms with Gasteiger partial charge in [0.1, 0.15) is 11.4 Å². The number of aryl methyl sites for hydroxylation is 1. The Morgan fingerprint density at radius 3 is 2.73 bits per heavy atom. The molecule has 1 aliphatic carbocycles. The van der Waals surface area contributed by atoms with Crippen molar-refractivity contribution in [1.29, 1.82) is 0 Å². The fourth-order valence-electron chi connectivity index (χ4n) is 5.48. The molecule has 1 aliphatic heterocycles. The van der Waals surface area contributed by atoms with E-state index in [0.29, 0.717) is 11.8 Å². The molecule has 0 saturated heterocycles. The van der Waals surface area contributed by atoms with Gasteiger partial charge in [0.25, 0.3) is 0 Å². The minimum absolute atomic E-state index is 0.210. The maximum atomic E-state index is 10.8. The van der Waals surface area contributed by atoms with E-state index in [4.69, 9.17) is 4.74 Å². The van der Waals surface area contributed by atoms with Gasteiger partial charge in [-0.05, 0) is 70.6 Å². The Morgan fingerprint density at radius 2 is 1.92 bits per heavy atom. The van der Waals surface area contributed by atoms with E-state index in [1.165, 1.54) is 32.9 Å². The third kappa shape index (κ3) is 2.16. The fourth-order valence-corrected chi connectivity index (χ4v) is 5.48. The highest BCUT2D eigenvalue weighted by Gasteiger charge is 2.50. The number of H-pyrrole nitrogens is 1. The monoisotopic (exact) mass is 349 g/mol. The summed E-state index contributed by atoms with van der Waals surface area (Å²) in [6, 6.07) is 10.7. The number of nitrogens with one attached hydrogen (secondary N) is 1. The van der Waals surface area contributed by atoms with E-state index < -0.39 is 5.60 Å². The van der Waals surface area contributed by atoms with Crippen LogP contribution in [0, 0.1) is 12.8 Å². The lowest BCUT2D eigenvalue weighted by Crippen LogP contribution is -2.50. The average molecular weight is 349 g/mol. The largest absolute Gasteiger partial charge is 0.487 e. The number of para-hydroxylation sites is 1. The van der Waals surface area contributed by atoms with E-state index in [-0.39, 0.29) is 5.60 Å². The number of benzene rings is 2. The first-order valence-electron chi connectivity index (χ1n) is 9.72. The van der Waals surface area contributed by atoms with Crippen molar-refractivity contribution in [3.63, 3.8) is 0 Å². The Labute approximate surface area is 154 Å². The topological polar surface area (TPSA) is 45.2 Å². The Hall–Kier alpha value is -2.00. The molecule has 1 aromatic heterocycles. The molecule has 0 bridgehead atoms. The zero-order valence-corrected chi connectivity index (χ0v) is 16.0. The lowest BCUT2D eigenvalue weighted by atomic mass is 9.62. The molecule has 3 heteroatoms. The van der Waals surface area contributed by atoms with Gasteiger partial charge in [-0.3, -0.25) is 0 Å². The first-order valence-corrected chi connectivity index (χ1v) is 9.72. The lowest BCUT2D eigenvalue weighted by Gasteiger charge is -2.51. The van der Waals surface area contributed by atoms with Crippen molar-refractivity contribution >= 4 is 21.8 Å². The molecule has 2 aromatic carbocycles. The maximum absolute atomic E-state index is 10.8. The summed E-state index contributed by atoms with van der Waals surface area (Å²) in [6.07, 6.45) is 2.64. The SMILES string of the molecule is Cc1cc2c([nH]c3ccccc32)c2c1OC(C)(C)[C@@H]1CC[C@](C)(O)C[C@@H]21. The molecule has 2 heterocycles. The van der Waals surface area contributed by atoms with Gasteiger partial charge in [-0.25, -0.2) is 0 Å². The lowest BCUT2D eigenvalue weighted by molar-refractivity contribution is -0.0652. The number of rotatable bonds is 0. The molecule has 3 nitrogen and oxygen atoms in total. The van der Waals surface area contributed by atoms with E-state index in [9.17, 15) is 5.11 Å².